The molecule has 0 spiro atoms. The van der Waals surface area contributed by atoms with Crippen LogP contribution in [-0.4, -0.2) is 38.2 Å². The minimum atomic E-state index is -0.0731. The number of aromatic nitrogens is 5. The van der Waals surface area contributed by atoms with Crippen molar-refractivity contribution in [3.63, 3.8) is 0 Å². The molecular formula is C16H16N6O2. The Bertz CT molecular complexity index is 802. The number of pyridine rings is 1. The van der Waals surface area contributed by atoms with Gasteiger partial charge in [0.2, 0.25) is 11.8 Å². The highest BCUT2D eigenvalue weighted by molar-refractivity contribution is 5.78. The fourth-order valence-electron chi connectivity index (χ4n) is 2.23. The molecule has 0 fully saturated rings. The molecule has 8 heteroatoms. The largest absolute Gasteiger partial charge is 0.481 e. The summed E-state index contributed by atoms with van der Waals surface area (Å²) in [5.74, 6) is 0.444. The predicted molar refractivity (Wildman–Crippen MR) is 85.5 cm³/mol. The molecule has 0 bridgehead atoms. The Kier molecular flexibility index (Phi) is 4.76. The first kappa shape index (κ1) is 15.6. The van der Waals surface area contributed by atoms with E-state index in [1.807, 2.05) is 36.4 Å². The average molecular weight is 324 g/mol. The first-order chi connectivity index (χ1) is 11.8. The summed E-state index contributed by atoms with van der Waals surface area (Å²) >= 11 is 0. The second-order valence-corrected chi connectivity index (χ2v) is 5.05. The van der Waals surface area contributed by atoms with E-state index in [9.17, 15) is 4.79 Å². The van der Waals surface area contributed by atoms with Crippen molar-refractivity contribution in [3.05, 3.63) is 60.0 Å². The van der Waals surface area contributed by atoms with Gasteiger partial charge in [-0.2, -0.15) is 0 Å². The second-order valence-electron chi connectivity index (χ2n) is 5.05. The van der Waals surface area contributed by atoms with E-state index < -0.39 is 0 Å². The van der Waals surface area contributed by atoms with Gasteiger partial charge >= 0.3 is 0 Å². The number of hydrogen-bond acceptors (Lipinski definition) is 6. The van der Waals surface area contributed by atoms with E-state index in [1.54, 1.807) is 18.0 Å². The van der Waals surface area contributed by atoms with Crippen molar-refractivity contribution >= 4 is 5.91 Å². The normalized spacial score (nSPS) is 10.4. The number of hydrogen-bond donors (Lipinski definition) is 1. The van der Waals surface area contributed by atoms with E-state index in [1.165, 1.54) is 6.33 Å². The number of ether oxygens (including phenoxy) is 1. The zero-order chi connectivity index (χ0) is 16.8. The molecule has 1 N–H and O–H groups in total. The first-order valence-electron chi connectivity index (χ1n) is 7.33. The molecule has 2 aromatic heterocycles. The van der Waals surface area contributed by atoms with E-state index in [4.69, 9.17) is 4.74 Å². The lowest BCUT2D eigenvalue weighted by Crippen LogP contribution is -2.24. The maximum absolute atomic E-state index is 12.1. The van der Waals surface area contributed by atoms with E-state index >= 15 is 0 Å². The van der Waals surface area contributed by atoms with Gasteiger partial charge in [0.1, 0.15) is 6.33 Å². The highest BCUT2D eigenvalue weighted by Gasteiger charge is 2.07. The quantitative estimate of drug-likeness (QED) is 0.724. The Labute approximate surface area is 138 Å². The summed E-state index contributed by atoms with van der Waals surface area (Å²) in [6, 6.07) is 11.2. The lowest BCUT2D eigenvalue weighted by atomic mass is 10.1. The number of carbonyl (C=O) groups excluding carboxylic acids is 1. The molecule has 3 aromatic rings. The first-order valence-corrected chi connectivity index (χ1v) is 7.33. The Morgan fingerprint density at radius 2 is 2.08 bits per heavy atom. The van der Waals surface area contributed by atoms with E-state index in [-0.39, 0.29) is 5.91 Å². The summed E-state index contributed by atoms with van der Waals surface area (Å²) < 4.78 is 6.72. The van der Waals surface area contributed by atoms with Crippen molar-refractivity contribution < 1.29 is 9.53 Å². The third-order valence-corrected chi connectivity index (χ3v) is 3.43. The Morgan fingerprint density at radius 1 is 1.25 bits per heavy atom. The second kappa shape index (κ2) is 7.32. The van der Waals surface area contributed by atoms with Crippen LogP contribution in [0.15, 0.2) is 48.9 Å². The van der Waals surface area contributed by atoms with Crippen LogP contribution in [0.1, 0.15) is 11.1 Å². The number of methoxy groups -OCH3 is 1. The van der Waals surface area contributed by atoms with Crippen LogP contribution in [-0.2, 0) is 17.8 Å². The molecule has 1 amide bonds. The van der Waals surface area contributed by atoms with E-state index in [0.717, 1.165) is 16.8 Å². The summed E-state index contributed by atoms with van der Waals surface area (Å²) in [5.41, 5.74) is 2.58. The van der Waals surface area contributed by atoms with Crippen LogP contribution in [0.25, 0.3) is 5.69 Å². The summed E-state index contributed by atoms with van der Waals surface area (Å²) in [6.45, 7) is 0.374. The fourth-order valence-corrected chi connectivity index (χ4v) is 2.23. The number of nitrogens with zero attached hydrogens (tertiary/aromatic N) is 5. The number of nitrogens with one attached hydrogen (secondary N) is 1. The number of rotatable bonds is 6. The fraction of sp³-hybridized carbons (Fsp3) is 0.188. The van der Waals surface area contributed by atoms with Gasteiger partial charge in [0.15, 0.2) is 0 Å². The number of amides is 1. The van der Waals surface area contributed by atoms with E-state index in [2.05, 4.69) is 25.8 Å². The van der Waals surface area contributed by atoms with Gasteiger partial charge in [0, 0.05) is 18.3 Å². The lowest BCUT2D eigenvalue weighted by molar-refractivity contribution is -0.120. The van der Waals surface area contributed by atoms with Gasteiger partial charge in [-0.25, -0.2) is 9.67 Å². The molecule has 3 rings (SSSR count). The third kappa shape index (κ3) is 3.72. The predicted octanol–water partition coefficient (Wildman–Crippen LogP) is 0.925. The standard InChI is InChI=1S/C16H16N6O2/c1-24-16-13(3-2-8-17-16)10-18-15(23)9-12-4-6-14(7-5-12)22-11-19-20-21-22/h2-8,11H,9-10H2,1H3,(H,18,23). The molecule has 0 unspecified atom stereocenters. The van der Waals surface area contributed by atoms with Gasteiger partial charge in [-0.3, -0.25) is 4.79 Å². The van der Waals surface area contributed by atoms with Gasteiger partial charge in [-0.05, 0) is 34.2 Å². The van der Waals surface area contributed by atoms with Crippen LogP contribution >= 0.6 is 0 Å². The van der Waals surface area contributed by atoms with Gasteiger partial charge < -0.3 is 10.1 Å². The molecule has 2 heterocycles. The Morgan fingerprint density at radius 3 is 2.79 bits per heavy atom. The monoisotopic (exact) mass is 324 g/mol. The van der Waals surface area contributed by atoms with Gasteiger partial charge in [0.05, 0.1) is 19.2 Å². The Balaban J connectivity index is 1.57. The topological polar surface area (TPSA) is 94.8 Å². The van der Waals surface area contributed by atoms with Crippen molar-refractivity contribution in [3.8, 4) is 11.6 Å². The zero-order valence-corrected chi connectivity index (χ0v) is 13.1. The molecule has 8 nitrogen and oxygen atoms in total. The molecule has 0 radical (unpaired) electrons. The van der Waals surface area contributed by atoms with Gasteiger partial charge in [-0.15, -0.1) is 5.10 Å². The van der Waals surface area contributed by atoms with E-state index in [0.29, 0.717) is 18.8 Å². The molecular weight excluding hydrogens is 308 g/mol. The van der Waals surface area contributed by atoms with Crippen LogP contribution in [0.5, 0.6) is 5.88 Å². The molecule has 0 aliphatic carbocycles. The maximum Gasteiger partial charge on any atom is 0.224 e. The molecule has 122 valence electrons. The average Bonchev–Trinajstić information content (AvgIpc) is 3.15. The van der Waals surface area contributed by atoms with Crippen molar-refractivity contribution in [1.82, 2.24) is 30.5 Å². The zero-order valence-electron chi connectivity index (χ0n) is 13.1. The molecule has 0 atom stereocenters. The minimum absolute atomic E-state index is 0.0731. The minimum Gasteiger partial charge on any atom is -0.481 e. The van der Waals surface area contributed by atoms with Gasteiger partial charge in [-0.1, -0.05) is 18.2 Å². The maximum atomic E-state index is 12.1. The third-order valence-electron chi connectivity index (χ3n) is 3.43. The molecule has 24 heavy (non-hydrogen) atoms. The van der Waals surface area contributed by atoms with Crippen molar-refractivity contribution in [2.45, 2.75) is 13.0 Å². The molecule has 0 aliphatic heterocycles. The molecule has 0 saturated heterocycles. The SMILES string of the molecule is COc1ncccc1CNC(=O)Cc1ccc(-n2cnnn2)cc1. The van der Waals surface area contributed by atoms with Crippen LogP contribution in [0.3, 0.4) is 0 Å². The summed E-state index contributed by atoms with van der Waals surface area (Å²) in [6.07, 6.45) is 3.46. The molecule has 0 aliphatic rings. The highest BCUT2D eigenvalue weighted by atomic mass is 16.5. The van der Waals surface area contributed by atoms with Gasteiger partial charge in [0.25, 0.3) is 0 Å². The number of carbonyl (C=O) groups is 1. The number of tetrazole rings is 1. The Hall–Kier alpha value is -3.29. The summed E-state index contributed by atoms with van der Waals surface area (Å²) in [7, 11) is 1.56. The van der Waals surface area contributed by atoms with Crippen LogP contribution < -0.4 is 10.1 Å². The van der Waals surface area contributed by atoms with Crippen molar-refractivity contribution in [1.29, 1.82) is 0 Å². The summed E-state index contributed by atoms with van der Waals surface area (Å²) in [4.78, 5) is 16.2. The lowest BCUT2D eigenvalue weighted by Gasteiger charge is -2.09. The summed E-state index contributed by atoms with van der Waals surface area (Å²) in [5, 5.41) is 13.9. The number of benzene rings is 1. The van der Waals surface area contributed by atoms with Crippen molar-refractivity contribution in [2.75, 3.05) is 7.11 Å². The highest BCUT2D eigenvalue weighted by Crippen LogP contribution is 2.13. The van der Waals surface area contributed by atoms with Crippen LogP contribution in [0, 0.1) is 0 Å². The molecule has 1 aromatic carbocycles. The molecule has 0 saturated carbocycles. The smallest absolute Gasteiger partial charge is 0.224 e. The van der Waals surface area contributed by atoms with Crippen molar-refractivity contribution in [2.24, 2.45) is 0 Å². The van der Waals surface area contributed by atoms with Crippen LogP contribution in [0.4, 0.5) is 0 Å². The van der Waals surface area contributed by atoms with Crippen LogP contribution in [0.2, 0.25) is 0 Å².